The summed E-state index contributed by atoms with van der Waals surface area (Å²) in [5.41, 5.74) is 1.13. The minimum absolute atomic E-state index is 0.0319. The summed E-state index contributed by atoms with van der Waals surface area (Å²) >= 11 is 0. The Balaban J connectivity index is 2.26. The normalized spacial score (nSPS) is 10.7. The molecule has 0 fully saturated rings. The van der Waals surface area contributed by atoms with Crippen LogP contribution < -0.4 is 19.5 Å². The number of hydrogen-bond donors (Lipinski definition) is 1. The molecular weight excluding hydrogens is 356 g/mol. The summed E-state index contributed by atoms with van der Waals surface area (Å²) in [5.74, 6) is 1.21. The smallest absolute Gasteiger partial charge is 0.266 e. The van der Waals surface area contributed by atoms with Gasteiger partial charge in [0.15, 0.2) is 11.5 Å². The molecule has 0 saturated heterocycles. The third-order valence-corrected chi connectivity index (χ3v) is 3.76. The molecule has 0 heterocycles. The summed E-state index contributed by atoms with van der Waals surface area (Å²) < 4.78 is 16.5. The highest BCUT2D eigenvalue weighted by Crippen LogP contribution is 2.30. The van der Waals surface area contributed by atoms with Crippen molar-refractivity contribution in [2.24, 2.45) is 0 Å². The lowest BCUT2D eigenvalue weighted by atomic mass is 10.1. The van der Waals surface area contributed by atoms with Gasteiger partial charge in [0.25, 0.3) is 5.91 Å². The Morgan fingerprint density at radius 2 is 1.89 bits per heavy atom. The van der Waals surface area contributed by atoms with Crippen molar-refractivity contribution in [3.05, 3.63) is 53.6 Å². The number of hydrogen-bond acceptors (Lipinski definition) is 5. The number of methoxy groups -OCH3 is 1. The van der Waals surface area contributed by atoms with Crippen LogP contribution in [-0.4, -0.2) is 26.2 Å². The maximum Gasteiger partial charge on any atom is 0.266 e. The molecular formula is C22H24N2O4. The van der Waals surface area contributed by atoms with E-state index in [2.05, 4.69) is 5.32 Å². The Morgan fingerprint density at radius 3 is 2.57 bits per heavy atom. The number of amides is 1. The van der Waals surface area contributed by atoms with E-state index in [1.807, 2.05) is 19.9 Å². The second kappa shape index (κ2) is 10.6. The highest BCUT2D eigenvalue weighted by molar-refractivity contribution is 6.10. The Labute approximate surface area is 165 Å². The lowest BCUT2D eigenvalue weighted by Gasteiger charge is -2.12. The molecule has 1 N–H and O–H groups in total. The van der Waals surface area contributed by atoms with Crippen LogP contribution in [0.5, 0.6) is 17.2 Å². The predicted octanol–water partition coefficient (Wildman–Crippen LogP) is 4.43. The zero-order chi connectivity index (χ0) is 20.4. The second-order valence-electron chi connectivity index (χ2n) is 5.81. The number of rotatable bonds is 9. The van der Waals surface area contributed by atoms with Gasteiger partial charge in [-0.3, -0.25) is 4.79 Å². The van der Waals surface area contributed by atoms with E-state index in [4.69, 9.17) is 14.2 Å². The van der Waals surface area contributed by atoms with Crippen LogP contribution in [0.3, 0.4) is 0 Å². The molecule has 0 aliphatic carbocycles. The average Bonchev–Trinajstić information content (AvgIpc) is 2.72. The molecule has 0 aliphatic rings. The van der Waals surface area contributed by atoms with Crippen molar-refractivity contribution < 1.29 is 19.0 Å². The number of anilines is 1. The average molecular weight is 380 g/mol. The molecule has 0 spiro atoms. The van der Waals surface area contributed by atoms with Gasteiger partial charge >= 0.3 is 0 Å². The van der Waals surface area contributed by atoms with Gasteiger partial charge in [-0.15, -0.1) is 0 Å². The Morgan fingerprint density at radius 1 is 1.11 bits per heavy atom. The molecule has 0 aliphatic heterocycles. The van der Waals surface area contributed by atoms with E-state index in [1.54, 1.807) is 42.5 Å². The van der Waals surface area contributed by atoms with Crippen LogP contribution >= 0.6 is 0 Å². The van der Waals surface area contributed by atoms with Gasteiger partial charge in [-0.25, -0.2) is 0 Å². The topological polar surface area (TPSA) is 80.6 Å². The Kier molecular flexibility index (Phi) is 7.92. The lowest BCUT2D eigenvalue weighted by molar-refractivity contribution is -0.112. The predicted molar refractivity (Wildman–Crippen MR) is 109 cm³/mol. The van der Waals surface area contributed by atoms with Crippen molar-refractivity contribution in [3.63, 3.8) is 0 Å². The molecule has 6 nitrogen and oxygen atoms in total. The highest BCUT2D eigenvalue weighted by Gasteiger charge is 2.13. The maximum absolute atomic E-state index is 12.5. The molecule has 6 heteroatoms. The molecule has 146 valence electrons. The van der Waals surface area contributed by atoms with Crippen molar-refractivity contribution >= 4 is 17.7 Å². The van der Waals surface area contributed by atoms with Gasteiger partial charge in [-0.05, 0) is 49.2 Å². The van der Waals surface area contributed by atoms with Crippen LogP contribution in [0.2, 0.25) is 0 Å². The van der Waals surface area contributed by atoms with E-state index < -0.39 is 5.91 Å². The summed E-state index contributed by atoms with van der Waals surface area (Å²) in [6.07, 6.45) is 2.39. The summed E-state index contributed by atoms with van der Waals surface area (Å²) in [6, 6.07) is 14.3. The van der Waals surface area contributed by atoms with Crippen molar-refractivity contribution in [3.8, 4) is 23.3 Å². The molecule has 2 aromatic carbocycles. The molecule has 0 radical (unpaired) electrons. The van der Waals surface area contributed by atoms with E-state index in [0.29, 0.717) is 41.7 Å². The first-order valence-corrected chi connectivity index (χ1v) is 9.08. The number of carbonyl (C=O) groups is 1. The van der Waals surface area contributed by atoms with Gasteiger partial charge in [0.2, 0.25) is 0 Å². The van der Waals surface area contributed by atoms with Gasteiger partial charge in [0.1, 0.15) is 17.4 Å². The van der Waals surface area contributed by atoms with E-state index >= 15 is 0 Å². The molecule has 1 amide bonds. The number of carbonyl (C=O) groups excluding carboxylic acids is 1. The number of nitrogens with zero attached hydrogens (tertiary/aromatic N) is 1. The Bertz CT molecular complexity index is 884. The van der Waals surface area contributed by atoms with Gasteiger partial charge in [0.05, 0.1) is 26.0 Å². The molecule has 0 aromatic heterocycles. The third kappa shape index (κ3) is 5.52. The summed E-state index contributed by atoms with van der Waals surface area (Å²) in [4.78, 5) is 12.5. The van der Waals surface area contributed by atoms with Crippen molar-refractivity contribution in [2.45, 2.75) is 20.3 Å². The fourth-order valence-electron chi connectivity index (χ4n) is 2.47. The van der Waals surface area contributed by atoms with Crippen LogP contribution in [0.4, 0.5) is 5.69 Å². The van der Waals surface area contributed by atoms with Crippen molar-refractivity contribution in [1.29, 1.82) is 5.26 Å². The van der Waals surface area contributed by atoms with Crippen LogP contribution in [0.15, 0.2) is 48.0 Å². The fraction of sp³-hybridized carbons (Fsp3) is 0.273. The molecule has 0 bridgehead atoms. The van der Waals surface area contributed by atoms with Crippen LogP contribution in [0.1, 0.15) is 25.8 Å². The maximum atomic E-state index is 12.5. The molecule has 2 aromatic rings. The van der Waals surface area contributed by atoms with Crippen LogP contribution in [0, 0.1) is 11.3 Å². The molecule has 2 rings (SSSR count). The van der Waals surface area contributed by atoms with E-state index in [1.165, 1.54) is 13.2 Å². The Hall–Kier alpha value is -3.46. The summed E-state index contributed by atoms with van der Waals surface area (Å²) in [5, 5.41) is 12.1. The summed E-state index contributed by atoms with van der Waals surface area (Å²) in [6.45, 7) is 4.97. The number of benzene rings is 2. The molecule has 0 saturated carbocycles. The van der Waals surface area contributed by atoms with Gasteiger partial charge in [-0.1, -0.05) is 25.1 Å². The van der Waals surface area contributed by atoms with Crippen LogP contribution in [-0.2, 0) is 4.79 Å². The van der Waals surface area contributed by atoms with Gasteiger partial charge in [0, 0.05) is 0 Å². The lowest BCUT2D eigenvalue weighted by Crippen LogP contribution is -2.14. The molecule has 0 unspecified atom stereocenters. The number of nitriles is 1. The van der Waals surface area contributed by atoms with Gasteiger partial charge < -0.3 is 19.5 Å². The van der Waals surface area contributed by atoms with Gasteiger partial charge in [-0.2, -0.15) is 5.26 Å². The van der Waals surface area contributed by atoms with E-state index in [0.717, 1.165) is 6.42 Å². The zero-order valence-corrected chi connectivity index (χ0v) is 16.3. The quantitative estimate of drug-likeness (QED) is 0.514. The third-order valence-electron chi connectivity index (χ3n) is 3.76. The van der Waals surface area contributed by atoms with E-state index in [9.17, 15) is 10.1 Å². The monoisotopic (exact) mass is 380 g/mol. The first-order valence-electron chi connectivity index (χ1n) is 9.08. The second-order valence-corrected chi connectivity index (χ2v) is 5.81. The largest absolute Gasteiger partial charge is 0.495 e. The van der Waals surface area contributed by atoms with Crippen molar-refractivity contribution in [1.82, 2.24) is 0 Å². The fourth-order valence-corrected chi connectivity index (χ4v) is 2.47. The SMILES string of the molecule is CCCOc1ccc(/C=C(/C#N)C(=O)Nc2ccccc2OC)cc1OCC. The molecule has 0 atom stereocenters. The number of para-hydroxylation sites is 2. The number of ether oxygens (including phenoxy) is 3. The first kappa shape index (κ1) is 20.8. The minimum atomic E-state index is -0.517. The van der Waals surface area contributed by atoms with Crippen molar-refractivity contribution in [2.75, 3.05) is 25.6 Å². The summed E-state index contributed by atoms with van der Waals surface area (Å²) in [7, 11) is 1.52. The number of nitrogens with one attached hydrogen (secondary N) is 1. The first-order chi connectivity index (χ1) is 13.6. The van der Waals surface area contributed by atoms with Crippen LogP contribution in [0.25, 0.3) is 6.08 Å². The molecule has 28 heavy (non-hydrogen) atoms. The van der Waals surface area contributed by atoms with E-state index in [-0.39, 0.29) is 5.57 Å². The standard InChI is InChI=1S/C22H24N2O4/c1-4-12-28-20-11-10-16(14-21(20)27-5-2)13-17(15-23)22(25)24-18-8-6-7-9-19(18)26-3/h6-11,13-14H,4-5,12H2,1-3H3,(H,24,25)/b17-13-. The minimum Gasteiger partial charge on any atom is -0.495 e. The zero-order valence-electron chi connectivity index (χ0n) is 16.3. The highest BCUT2D eigenvalue weighted by atomic mass is 16.5.